The molecule has 1 N–H and O–H groups in total. The minimum atomic E-state index is -0.407. The number of rotatable bonds is 6. The smallest absolute Gasteiger partial charge is 0.237 e. The van der Waals surface area contributed by atoms with Gasteiger partial charge < -0.3 is 10.2 Å². The van der Waals surface area contributed by atoms with Crippen LogP contribution in [-0.4, -0.2) is 53.8 Å². The molecule has 1 saturated heterocycles. The minimum Gasteiger partial charge on any atom is -0.353 e. The first kappa shape index (κ1) is 18.4. The topological polar surface area (TPSA) is 52.7 Å². The average molecular weight is 353 g/mol. The summed E-state index contributed by atoms with van der Waals surface area (Å²) < 4.78 is 0. The average Bonchev–Trinajstić information content (AvgIpc) is 2.66. The SMILES string of the molecule is CCN(CC)C(=O)C[C@H]1C(=O)NCCN1Cc1cccc2ccccc12. The van der Waals surface area contributed by atoms with E-state index in [0.29, 0.717) is 26.2 Å². The van der Waals surface area contributed by atoms with Gasteiger partial charge in [0.2, 0.25) is 11.8 Å². The number of amides is 2. The molecule has 3 rings (SSSR count). The van der Waals surface area contributed by atoms with E-state index in [2.05, 4.69) is 40.5 Å². The maximum Gasteiger partial charge on any atom is 0.237 e. The number of nitrogens with zero attached hydrogens (tertiary/aromatic N) is 2. The Morgan fingerprint density at radius 2 is 1.88 bits per heavy atom. The number of piperazine rings is 1. The molecule has 2 aromatic carbocycles. The Morgan fingerprint density at radius 1 is 1.15 bits per heavy atom. The standard InChI is InChI=1S/C21H27N3O2/c1-3-23(4-2)20(25)14-19-21(26)22-12-13-24(19)15-17-10-7-9-16-8-5-6-11-18(16)17/h5-11,19H,3-4,12-15H2,1-2H3,(H,22,26)/t19-/m0/s1. The minimum absolute atomic E-state index is 0.0416. The van der Waals surface area contributed by atoms with Crippen LogP contribution in [0.2, 0.25) is 0 Å². The van der Waals surface area contributed by atoms with Crippen molar-refractivity contribution >= 4 is 22.6 Å². The Morgan fingerprint density at radius 3 is 2.65 bits per heavy atom. The van der Waals surface area contributed by atoms with Gasteiger partial charge in [0.15, 0.2) is 0 Å². The van der Waals surface area contributed by atoms with Gasteiger partial charge in [-0.05, 0) is 30.2 Å². The maximum absolute atomic E-state index is 12.5. The molecule has 0 aromatic heterocycles. The monoisotopic (exact) mass is 353 g/mol. The van der Waals surface area contributed by atoms with Crippen LogP contribution < -0.4 is 5.32 Å². The van der Waals surface area contributed by atoms with Crippen LogP contribution in [0.4, 0.5) is 0 Å². The third-order valence-electron chi connectivity index (χ3n) is 5.18. The fourth-order valence-electron chi connectivity index (χ4n) is 3.69. The molecule has 1 aliphatic rings. The van der Waals surface area contributed by atoms with E-state index in [9.17, 15) is 9.59 Å². The summed E-state index contributed by atoms with van der Waals surface area (Å²) in [7, 11) is 0. The summed E-state index contributed by atoms with van der Waals surface area (Å²) in [6.45, 7) is 7.34. The van der Waals surface area contributed by atoms with Crippen molar-refractivity contribution in [2.75, 3.05) is 26.2 Å². The Bertz CT molecular complexity index is 780. The molecule has 26 heavy (non-hydrogen) atoms. The van der Waals surface area contributed by atoms with Crippen molar-refractivity contribution in [3.63, 3.8) is 0 Å². The summed E-state index contributed by atoms with van der Waals surface area (Å²) in [6, 6.07) is 14.1. The lowest BCUT2D eigenvalue weighted by atomic mass is 10.0. The second-order valence-corrected chi connectivity index (χ2v) is 6.69. The van der Waals surface area contributed by atoms with Crippen LogP contribution in [0.25, 0.3) is 10.8 Å². The number of nitrogens with one attached hydrogen (secondary N) is 1. The van der Waals surface area contributed by atoms with Gasteiger partial charge in [-0.25, -0.2) is 0 Å². The largest absolute Gasteiger partial charge is 0.353 e. The molecule has 0 saturated carbocycles. The van der Waals surface area contributed by atoms with E-state index in [1.807, 2.05) is 26.0 Å². The highest BCUT2D eigenvalue weighted by Crippen LogP contribution is 2.22. The Balaban J connectivity index is 1.82. The van der Waals surface area contributed by atoms with Crippen LogP contribution in [0.3, 0.4) is 0 Å². The van der Waals surface area contributed by atoms with E-state index in [-0.39, 0.29) is 18.2 Å². The lowest BCUT2D eigenvalue weighted by molar-refractivity contribution is -0.138. The molecule has 5 heteroatoms. The van der Waals surface area contributed by atoms with Gasteiger partial charge in [-0.1, -0.05) is 42.5 Å². The number of carbonyl (C=O) groups excluding carboxylic acids is 2. The molecule has 0 aliphatic carbocycles. The molecular weight excluding hydrogens is 326 g/mol. The zero-order chi connectivity index (χ0) is 18.5. The summed E-state index contributed by atoms with van der Waals surface area (Å²) in [6.07, 6.45) is 0.234. The summed E-state index contributed by atoms with van der Waals surface area (Å²) in [5, 5.41) is 5.31. The first-order valence-electron chi connectivity index (χ1n) is 9.40. The maximum atomic E-state index is 12.5. The summed E-state index contributed by atoms with van der Waals surface area (Å²) in [5.41, 5.74) is 1.19. The fourth-order valence-corrected chi connectivity index (χ4v) is 3.69. The van der Waals surface area contributed by atoms with Gasteiger partial charge in [0.1, 0.15) is 0 Å². The van der Waals surface area contributed by atoms with E-state index in [1.54, 1.807) is 4.90 Å². The zero-order valence-electron chi connectivity index (χ0n) is 15.6. The second kappa shape index (κ2) is 8.32. The number of benzene rings is 2. The van der Waals surface area contributed by atoms with Gasteiger partial charge in [0.25, 0.3) is 0 Å². The van der Waals surface area contributed by atoms with Crippen LogP contribution in [-0.2, 0) is 16.1 Å². The van der Waals surface area contributed by atoms with Crippen LogP contribution >= 0.6 is 0 Å². The van der Waals surface area contributed by atoms with E-state index in [0.717, 1.165) is 6.54 Å². The number of fused-ring (bicyclic) bond motifs is 1. The third-order valence-corrected chi connectivity index (χ3v) is 5.18. The van der Waals surface area contributed by atoms with Crippen molar-refractivity contribution in [1.82, 2.24) is 15.1 Å². The molecule has 1 atom stereocenters. The van der Waals surface area contributed by atoms with Gasteiger partial charge in [0.05, 0.1) is 12.5 Å². The molecule has 5 nitrogen and oxygen atoms in total. The first-order valence-corrected chi connectivity index (χ1v) is 9.40. The molecule has 0 spiro atoms. The van der Waals surface area contributed by atoms with E-state index in [1.165, 1.54) is 16.3 Å². The Hall–Kier alpha value is -2.40. The van der Waals surface area contributed by atoms with E-state index in [4.69, 9.17) is 0 Å². The fraction of sp³-hybridized carbons (Fsp3) is 0.429. The van der Waals surface area contributed by atoms with E-state index >= 15 is 0 Å². The Kier molecular flexibility index (Phi) is 5.89. The van der Waals surface area contributed by atoms with Gasteiger partial charge in [0, 0.05) is 32.7 Å². The molecular formula is C21H27N3O2. The van der Waals surface area contributed by atoms with E-state index < -0.39 is 6.04 Å². The number of hydrogen-bond donors (Lipinski definition) is 1. The molecule has 1 fully saturated rings. The molecule has 0 unspecified atom stereocenters. The quantitative estimate of drug-likeness (QED) is 0.868. The van der Waals surface area contributed by atoms with Gasteiger partial charge in [-0.2, -0.15) is 0 Å². The molecule has 0 radical (unpaired) electrons. The molecule has 2 aromatic rings. The normalized spacial score (nSPS) is 17.9. The lowest BCUT2D eigenvalue weighted by Gasteiger charge is -2.35. The summed E-state index contributed by atoms with van der Waals surface area (Å²) in [4.78, 5) is 28.9. The summed E-state index contributed by atoms with van der Waals surface area (Å²) >= 11 is 0. The van der Waals surface area contributed by atoms with Crippen LogP contribution in [0, 0.1) is 0 Å². The van der Waals surface area contributed by atoms with Gasteiger partial charge in [-0.3, -0.25) is 14.5 Å². The van der Waals surface area contributed by atoms with Gasteiger partial charge in [-0.15, -0.1) is 0 Å². The highest BCUT2D eigenvalue weighted by Gasteiger charge is 2.32. The van der Waals surface area contributed by atoms with Crippen LogP contribution in [0.15, 0.2) is 42.5 Å². The third kappa shape index (κ3) is 3.88. The summed E-state index contributed by atoms with van der Waals surface area (Å²) in [5.74, 6) is -0.00281. The highest BCUT2D eigenvalue weighted by atomic mass is 16.2. The molecule has 138 valence electrons. The Labute approximate surface area is 155 Å². The van der Waals surface area contributed by atoms with Crippen molar-refractivity contribution in [3.8, 4) is 0 Å². The van der Waals surface area contributed by atoms with Crippen molar-refractivity contribution in [1.29, 1.82) is 0 Å². The number of hydrogen-bond acceptors (Lipinski definition) is 3. The predicted molar refractivity (Wildman–Crippen MR) is 104 cm³/mol. The zero-order valence-corrected chi connectivity index (χ0v) is 15.6. The first-order chi connectivity index (χ1) is 12.6. The van der Waals surface area contributed by atoms with Crippen LogP contribution in [0.1, 0.15) is 25.8 Å². The lowest BCUT2D eigenvalue weighted by Crippen LogP contribution is -2.56. The van der Waals surface area contributed by atoms with Crippen molar-refractivity contribution in [3.05, 3.63) is 48.0 Å². The predicted octanol–water partition coefficient (Wildman–Crippen LogP) is 2.40. The second-order valence-electron chi connectivity index (χ2n) is 6.69. The highest BCUT2D eigenvalue weighted by molar-refractivity contribution is 5.89. The van der Waals surface area contributed by atoms with Crippen molar-refractivity contribution < 1.29 is 9.59 Å². The molecule has 1 heterocycles. The molecule has 1 aliphatic heterocycles. The van der Waals surface area contributed by atoms with Crippen molar-refractivity contribution in [2.45, 2.75) is 32.9 Å². The van der Waals surface area contributed by atoms with Gasteiger partial charge >= 0.3 is 0 Å². The number of carbonyl (C=O) groups is 2. The molecule has 2 amide bonds. The molecule has 0 bridgehead atoms. The van der Waals surface area contributed by atoms with Crippen LogP contribution in [0.5, 0.6) is 0 Å². The van der Waals surface area contributed by atoms with Crippen molar-refractivity contribution in [2.24, 2.45) is 0 Å².